The van der Waals surface area contributed by atoms with Crippen molar-refractivity contribution >= 4 is 11.7 Å². The fourth-order valence-electron chi connectivity index (χ4n) is 2.36. The van der Waals surface area contributed by atoms with E-state index in [9.17, 15) is 4.79 Å². The lowest BCUT2D eigenvalue weighted by Crippen LogP contribution is -2.36. The lowest BCUT2D eigenvalue weighted by atomic mass is 9.82. The molecular weight excluding hydrogens is 282 g/mol. The van der Waals surface area contributed by atoms with Gasteiger partial charge >= 0.3 is 5.97 Å². The summed E-state index contributed by atoms with van der Waals surface area (Å²) < 4.78 is 15.8. The second-order valence-corrected chi connectivity index (χ2v) is 5.51. The van der Waals surface area contributed by atoms with Crippen molar-refractivity contribution in [3.63, 3.8) is 0 Å². The summed E-state index contributed by atoms with van der Waals surface area (Å²) in [6, 6.07) is 10.8. The van der Waals surface area contributed by atoms with Gasteiger partial charge in [0.15, 0.2) is 0 Å². The predicted molar refractivity (Wildman–Crippen MR) is 83.9 cm³/mol. The van der Waals surface area contributed by atoms with E-state index < -0.39 is 11.5 Å². The molecule has 1 aromatic carbocycles. The molecule has 5 nitrogen and oxygen atoms in total. The molecule has 5 heteroatoms. The van der Waals surface area contributed by atoms with Gasteiger partial charge in [0, 0.05) is 0 Å². The summed E-state index contributed by atoms with van der Waals surface area (Å²) >= 11 is 0. The summed E-state index contributed by atoms with van der Waals surface area (Å²) in [4.78, 5) is 12.2. The van der Waals surface area contributed by atoms with Gasteiger partial charge in [0.1, 0.15) is 17.6 Å². The van der Waals surface area contributed by atoms with Gasteiger partial charge in [0.2, 0.25) is 0 Å². The van der Waals surface area contributed by atoms with E-state index in [0.717, 1.165) is 5.69 Å². The number of benzene rings is 1. The van der Waals surface area contributed by atoms with Crippen molar-refractivity contribution in [3.8, 4) is 5.75 Å². The minimum absolute atomic E-state index is 0.323. The standard InChI is InChI=1S/C17H21NO4/c1-17(2,16(19)21-4)15(14-10-7-11-22-14)18-12-8-5-6-9-13(12)20-3/h5-11,15,18H,1-4H3. The Hall–Kier alpha value is -2.43. The number of anilines is 1. The third-order valence-electron chi connectivity index (χ3n) is 3.67. The number of methoxy groups -OCH3 is 2. The summed E-state index contributed by atoms with van der Waals surface area (Å²) in [6.45, 7) is 3.63. The van der Waals surface area contributed by atoms with Crippen LogP contribution < -0.4 is 10.1 Å². The van der Waals surface area contributed by atoms with Gasteiger partial charge in [-0.25, -0.2) is 0 Å². The highest BCUT2D eigenvalue weighted by molar-refractivity contribution is 5.78. The third kappa shape index (κ3) is 3.08. The highest BCUT2D eigenvalue weighted by Gasteiger charge is 2.41. The van der Waals surface area contributed by atoms with Gasteiger partial charge in [-0.15, -0.1) is 0 Å². The molecule has 0 aliphatic carbocycles. The van der Waals surface area contributed by atoms with E-state index in [1.165, 1.54) is 7.11 Å². The number of hydrogen-bond donors (Lipinski definition) is 1. The molecule has 0 aliphatic heterocycles. The third-order valence-corrected chi connectivity index (χ3v) is 3.67. The maximum absolute atomic E-state index is 12.2. The summed E-state index contributed by atoms with van der Waals surface area (Å²) in [5.41, 5.74) is -0.0450. The van der Waals surface area contributed by atoms with Crippen LogP contribution in [0.3, 0.4) is 0 Å². The van der Waals surface area contributed by atoms with Crippen LogP contribution >= 0.6 is 0 Å². The maximum Gasteiger partial charge on any atom is 0.313 e. The van der Waals surface area contributed by atoms with Gasteiger partial charge < -0.3 is 19.2 Å². The van der Waals surface area contributed by atoms with E-state index in [4.69, 9.17) is 13.9 Å². The van der Waals surface area contributed by atoms with Crippen LogP contribution in [0.25, 0.3) is 0 Å². The second-order valence-electron chi connectivity index (χ2n) is 5.51. The normalized spacial score (nSPS) is 12.5. The fraction of sp³-hybridized carbons (Fsp3) is 0.353. The largest absolute Gasteiger partial charge is 0.495 e. The number of furan rings is 1. The first-order valence-corrected chi connectivity index (χ1v) is 7.02. The first-order valence-electron chi connectivity index (χ1n) is 7.02. The van der Waals surface area contributed by atoms with E-state index >= 15 is 0 Å². The average molecular weight is 303 g/mol. The second kappa shape index (κ2) is 6.56. The van der Waals surface area contributed by atoms with Crippen molar-refractivity contribution in [2.24, 2.45) is 5.41 Å². The molecule has 0 saturated carbocycles. The number of hydrogen-bond acceptors (Lipinski definition) is 5. The Morgan fingerprint density at radius 2 is 1.91 bits per heavy atom. The first kappa shape index (κ1) is 15.9. The van der Waals surface area contributed by atoms with E-state index in [2.05, 4.69) is 5.32 Å². The predicted octanol–water partition coefficient (Wildman–Crippen LogP) is 3.64. The molecule has 22 heavy (non-hydrogen) atoms. The Morgan fingerprint density at radius 1 is 1.18 bits per heavy atom. The van der Waals surface area contributed by atoms with Crippen LogP contribution in [0.5, 0.6) is 5.75 Å². The summed E-state index contributed by atoms with van der Waals surface area (Å²) in [5, 5.41) is 3.34. The fourth-order valence-corrected chi connectivity index (χ4v) is 2.36. The highest BCUT2D eigenvalue weighted by atomic mass is 16.5. The van der Waals surface area contributed by atoms with Crippen molar-refractivity contribution in [2.75, 3.05) is 19.5 Å². The van der Waals surface area contributed by atoms with Gasteiger partial charge in [0.25, 0.3) is 0 Å². The minimum Gasteiger partial charge on any atom is -0.495 e. The van der Waals surface area contributed by atoms with Crippen molar-refractivity contribution < 1.29 is 18.7 Å². The molecule has 1 unspecified atom stereocenters. The van der Waals surface area contributed by atoms with Crippen LogP contribution in [0, 0.1) is 5.41 Å². The molecule has 0 spiro atoms. The highest BCUT2D eigenvalue weighted by Crippen LogP contribution is 2.39. The van der Waals surface area contributed by atoms with Gasteiger partial charge in [-0.2, -0.15) is 0 Å². The number of esters is 1. The molecule has 0 aliphatic rings. The summed E-state index contributed by atoms with van der Waals surface area (Å²) in [6.07, 6.45) is 1.58. The molecule has 2 rings (SSSR count). The molecule has 1 aromatic heterocycles. The lowest BCUT2D eigenvalue weighted by Gasteiger charge is -2.32. The van der Waals surface area contributed by atoms with E-state index in [0.29, 0.717) is 11.5 Å². The van der Waals surface area contributed by atoms with Crippen molar-refractivity contribution in [3.05, 3.63) is 48.4 Å². The zero-order chi connectivity index (χ0) is 16.2. The maximum atomic E-state index is 12.2. The van der Waals surface area contributed by atoms with Crippen LogP contribution in [0.2, 0.25) is 0 Å². The van der Waals surface area contributed by atoms with Crippen molar-refractivity contribution in [2.45, 2.75) is 19.9 Å². The van der Waals surface area contributed by atoms with E-state index in [1.807, 2.05) is 44.2 Å². The molecule has 1 N–H and O–H groups in total. The van der Waals surface area contributed by atoms with Crippen molar-refractivity contribution in [1.29, 1.82) is 0 Å². The molecular formula is C17H21NO4. The quantitative estimate of drug-likeness (QED) is 0.826. The van der Waals surface area contributed by atoms with Gasteiger partial charge in [-0.05, 0) is 38.1 Å². The SMILES string of the molecule is COC(=O)C(C)(C)C(Nc1ccccc1OC)c1ccco1. The number of para-hydroxylation sites is 2. The molecule has 118 valence electrons. The van der Waals surface area contributed by atoms with Gasteiger partial charge in [-0.3, -0.25) is 4.79 Å². The van der Waals surface area contributed by atoms with Crippen LogP contribution in [-0.2, 0) is 9.53 Å². The number of carbonyl (C=O) groups excluding carboxylic acids is 1. The van der Waals surface area contributed by atoms with E-state index in [1.54, 1.807) is 19.4 Å². The molecule has 1 heterocycles. The van der Waals surface area contributed by atoms with Crippen LogP contribution in [0.4, 0.5) is 5.69 Å². The van der Waals surface area contributed by atoms with Crippen LogP contribution in [0.1, 0.15) is 25.6 Å². The van der Waals surface area contributed by atoms with Gasteiger partial charge in [-0.1, -0.05) is 12.1 Å². The monoisotopic (exact) mass is 303 g/mol. The summed E-state index contributed by atoms with van der Waals surface area (Å²) in [5.74, 6) is 1.03. The van der Waals surface area contributed by atoms with E-state index in [-0.39, 0.29) is 5.97 Å². The van der Waals surface area contributed by atoms with Crippen molar-refractivity contribution in [1.82, 2.24) is 0 Å². The molecule has 0 saturated heterocycles. The Bertz CT molecular complexity index is 619. The topological polar surface area (TPSA) is 60.7 Å². The zero-order valence-corrected chi connectivity index (χ0v) is 13.3. The molecule has 0 bridgehead atoms. The molecule has 0 amide bonds. The Morgan fingerprint density at radius 3 is 2.50 bits per heavy atom. The molecule has 0 radical (unpaired) electrons. The Kier molecular flexibility index (Phi) is 4.75. The number of nitrogens with one attached hydrogen (secondary N) is 1. The number of rotatable bonds is 6. The molecule has 1 atom stereocenters. The smallest absolute Gasteiger partial charge is 0.313 e. The lowest BCUT2D eigenvalue weighted by molar-refractivity contribution is -0.152. The molecule has 0 fully saturated rings. The Labute approximate surface area is 130 Å². The summed E-state index contributed by atoms with van der Waals surface area (Å²) in [7, 11) is 2.99. The zero-order valence-electron chi connectivity index (χ0n) is 13.3. The first-order chi connectivity index (χ1) is 10.5. The average Bonchev–Trinajstić information content (AvgIpc) is 3.05. The molecule has 2 aromatic rings. The number of carbonyl (C=O) groups is 1. The number of ether oxygens (including phenoxy) is 2. The Balaban J connectivity index is 2.40. The van der Waals surface area contributed by atoms with Gasteiger partial charge in [0.05, 0.1) is 31.6 Å². The minimum atomic E-state index is -0.826. The van der Waals surface area contributed by atoms with Crippen LogP contribution in [0.15, 0.2) is 47.1 Å². The van der Waals surface area contributed by atoms with Crippen LogP contribution in [-0.4, -0.2) is 20.2 Å².